The second-order valence-electron chi connectivity index (χ2n) is 3.22. The molecule has 0 heterocycles. The minimum absolute atomic E-state index is 0.277. The lowest BCUT2D eigenvalue weighted by atomic mass is 10.2. The molecule has 0 bridgehead atoms. The molecule has 0 atom stereocenters. The number of nitrogens with one attached hydrogen (secondary N) is 1. The van der Waals surface area contributed by atoms with Gasteiger partial charge in [-0.15, -0.1) is 6.42 Å². The lowest BCUT2D eigenvalue weighted by Gasteiger charge is -2.10. The first-order valence-corrected chi connectivity index (χ1v) is 5.30. The van der Waals surface area contributed by atoms with E-state index in [0.717, 1.165) is 11.3 Å². The summed E-state index contributed by atoms with van der Waals surface area (Å²) in [6.45, 7) is 5.13. The first kappa shape index (κ1) is 12.6. The number of hydrogen-bond acceptors (Lipinski definition) is 2. The van der Waals surface area contributed by atoms with Gasteiger partial charge in [0, 0.05) is 23.7 Å². The summed E-state index contributed by atoms with van der Waals surface area (Å²) in [5, 5.41) is 3.74. The van der Waals surface area contributed by atoms with Crippen LogP contribution in [0.3, 0.4) is 0 Å². The van der Waals surface area contributed by atoms with Crippen molar-refractivity contribution in [3.8, 4) is 18.1 Å². The molecule has 1 aromatic carbocycles. The van der Waals surface area contributed by atoms with Gasteiger partial charge in [-0.25, -0.2) is 0 Å². The fraction of sp³-hybridized carbons (Fsp3) is 0.231. The van der Waals surface area contributed by atoms with Crippen molar-refractivity contribution in [2.75, 3.05) is 13.2 Å². The number of para-hydroxylation sites is 1. The smallest absolute Gasteiger partial charge is 0.148 e. The van der Waals surface area contributed by atoms with Crippen LogP contribution in [0, 0.1) is 12.3 Å². The third kappa shape index (κ3) is 4.39. The van der Waals surface area contributed by atoms with Gasteiger partial charge in [0.2, 0.25) is 0 Å². The monoisotopic (exact) mass is 235 g/mol. The van der Waals surface area contributed by atoms with E-state index in [1.807, 2.05) is 24.3 Å². The maximum Gasteiger partial charge on any atom is 0.148 e. The molecule has 0 spiro atoms. The van der Waals surface area contributed by atoms with E-state index in [1.54, 1.807) is 0 Å². The summed E-state index contributed by atoms with van der Waals surface area (Å²) >= 11 is 5.65. The summed E-state index contributed by atoms with van der Waals surface area (Å²) in [6, 6.07) is 7.74. The van der Waals surface area contributed by atoms with Crippen LogP contribution in [0.4, 0.5) is 0 Å². The Bertz CT molecular complexity index is 395. The van der Waals surface area contributed by atoms with Gasteiger partial charge in [0.15, 0.2) is 0 Å². The van der Waals surface area contributed by atoms with Crippen molar-refractivity contribution < 1.29 is 4.74 Å². The molecule has 0 aromatic heterocycles. The predicted octanol–water partition coefficient (Wildman–Crippen LogP) is 2.54. The minimum Gasteiger partial charge on any atom is -0.481 e. The van der Waals surface area contributed by atoms with Crippen LogP contribution in [0.2, 0.25) is 0 Å². The summed E-state index contributed by atoms with van der Waals surface area (Å²) in [6.07, 6.45) is 5.15. The van der Waals surface area contributed by atoms with Gasteiger partial charge in [0.05, 0.1) is 0 Å². The van der Waals surface area contributed by atoms with Gasteiger partial charge >= 0.3 is 0 Å². The number of hydrogen-bond donors (Lipinski definition) is 1. The summed E-state index contributed by atoms with van der Waals surface area (Å²) < 4.78 is 5.41. The van der Waals surface area contributed by atoms with Crippen molar-refractivity contribution in [2.45, 2.75) is 6.54 Å². The van der Waals surface area contributed by atoms with E-state index in [2.05, 4.69) is 17.8 Å². The zero-order chi connectivity index (χ0) is 11.8. The number of rotatable bonds is 6. The number of ether oxygens (including phenoxy) is 1. The highest BCUT2D eigenvalue weighted by Crippen LogP contribution is 2.17. The fourth-order valence-corrected chi connectivity index (χ4v) is 1.34. The lowest BCUT2D eigenvalue weighted by Crippen LogP contribution is -2.15. The molecule has 84 valence electrons. The van der Waals surface area contributed by atoms with E-state index in [-0.39, 0.29) is 6.61 Å². The molecular formula is C13H14ClNO. The topological polar surface area (TPSA) is 21.3 Å². The Morgan fingerprint density at radius 3 is 2.94 bits per heavy atom. The lowest BCUT2D eigenvalue weighted by molar-refractivity contribution is 0.365. The van der Waals surface area contributed by atoms with Crippen molar-refractivity contribution in [3.63, 3.8) is 0 Å². The average molecular weight is 236 g/mol. The third-order valence-electron chi connectivity index (χ3n) is 1.92. The van der Waals surface area contributed by atoms with Gasteiger partial charge < -0.3 is 10.1 Å². The molecule has 16 heavy (non-hydrogen) atoms. The highest BCUT2D eigenvalue weighted by Gasteiger charge is 2.01. The molecule has 0 amide bonds. The summed E-state index contributed by atoms with van der Waals surface area (Å²) in [7, 11) is 0. The maximum atomic E-state index is 5.65. The van der Waals surface area contributed by atoms with E-state index in [1.165, 1.54) is 0 Å². The fourth-order valence-electron chi connectivity index (χ4n) is 1.24. The van der Waals surface area contributed by atoms with Crippen molar-refractivity contribution in [1.82, 2.24) is 5.32 Å². The van der Waals surface area contributed by atoms with Gasteiger partial charge in [-0.1, -0.05) is 42.3 Å². The van der Waals surface area contributed by atoms with Crippen LogP contribution in [-0.4, -0.2) is 13.2 Å². The Morgan fingerprint density at radius 1 is 1.50 bits per heavy atom. The highest BCUT2D eigenvalue weighted by atomic mass is 35.5. The van der Waals surface area contributed by atoms with Gasteiger partial charge in [0.1, 0.15) is 12.4 Å². The molecule has 0 unspecified atom stereocenters. The quantitative estimate of drug-likeness (QED) is 0.766. The molecule has 3 heteroatoms. The van der Waals surface area contributed by atoms with Gasteiger partial charge in [0.25, 0.3) is 0 Å². The zero-order valence-corrected chi connectivity index (χ0v) is 9.76. The van der Waals surface area contributed by atoms with Crippen molar-refractivity contribution in [3.05, 3.63) is 41.4 Å². The largest absolute Gasteiger partial charge is 0.481 e. The predicted molar refractivity (Wildman–Crippen MR) is 67.5 cm³/mol. The second-order valence-corrected chi connectivity index (χ2v) is 3.76. The van der Waals surface area contributed by atoms with E-state index < -0.39 is 0 Å². The second kappa shape index (κ2) is 6.95. The molecule has 1 rings (SSSR count). The van der Waals surface area contributed by atoms with E-state index in [4.69, 9.17) is 22.8 Å². The third-order valence-corrected chi connectivity index (χ3v) is 2.05. The van der Waals surface area contributed by atoms with Gasteiger partial charge in [-0.3, -0.25) is 0 Å². The molecule has 0 fully saturated rings. The molecule has 1 aromatic rings. The molecule has 0 aliphatic heterocycles. The van der Waals surface area contributed by atoms with E-state index >= 15 is 0 Å². The van der Waals surface area contributed by atoms with Crippen LogP contribution in [0.1, 0.15) is 5.56 Å². The Labute approximate surface area is 101 Å². The van der Waals surface area contributed by atoms with Crippen LogP contribution in [0.25, 0.3) is 0 Å². The van der Waals surface area contributed by atoms with Crippen molar-refractivity contribution in [1.29, 1.82) is 0 Å². The Kier molecular flexibility index (Phi) is 5.49. The van der Waals surface area contributed by atoms with Crippen LogP contribution >= 0.6 is 11.6 Å². The molecule has 2 nitrogen and oxygen atoms in total. The van der Waals surface area contributed by atoms with Crippen LogP contribution < -0.4 is 10.1 Å². The van der Waals surface area contributed by atoms with E-state index in [9.17, 15) is 0 Å². The summed E-state index contributed by atoms with van der Waals surface area (Å²) in [5.41, 5.74) is 1.05. The van der Waals surface area contributed by atoms with Crippen molar-refractivity contribution in [2.24, 2.45) is 0 Å². The molecule has 0 aliphatic carbocycles. The molecule has 0 saturated carbocycles. The van der Waals surface area contributed by atoms with Crippen LogP contribution in [-0.2, 0) is 6.54 Å². The minimum atomic E-state index is 0.277. The maximum absolute atomic E-state index is 5.65. The number of halogens is 1. The first-order chi connectivity index (χ1) is 7.74. The van der Waals surface area contributed by atoms with Crippen molar-refractivity contribution >= 4 is 11.6 Å². The Balaban J connectivity index is 2.57. The SMILES string of the molecule is C#CCOc1ccccc1CNCC(=C)Cl. The standard InChI is InChI=1S/C13H14ClNO/c1-3-8-16-13-7-5-4-6-12(13)10-15-9-11(2)14/h1,4-7,15H,2,8-10H2. The summed E-state index contributed by atoms with van der Waals surface area (Å²) in [4.78, 5) is 0. The zero-order valence-electron chi connectivity index (χ0n) is 9.00. The molecule has 0 saturated heterocycles. The first-order valence-electron chi connectivity index (χ1n) is 4.92. The molecular weight excluding hydrogens is 222 g/mol. The number of terminal acetylenes is 1. The van der Waals surface area contributed by atoms with Crippen LogP contribution in [0.5, 0.6) is 5.75 Å². The van der Waals surface area contributed by atoms with Crippen LogP contribution in [0.15, 0.2) is 35.9 Å². The van der Waals surface area contributed by atoms with E-state index in [0.29, 0.717) is 18.1 Å². The van der Waals surface area contributed by atoms with Gasteiger partial charge in [-0.2, -0.15) is 0 Å². The highest BCUT2D eigenvalue weighted by molar-refractivity contribution is 6.29. The molecule has 0 radical (unpaired) electrons. The average Bonchev–Trinajstić information content (AvgIpc) is 2.27. The summed E-state index contributed by atoms with van der Waals surface area (Å²) in [5.74, 6) is 3.24. The molecule has 0 aliphatic rings. The van der Waals surface area contributed by atoms with Gasteiger partial charge in [-0.05, 0) is 6.07 Å². The Morgan fingerprint density at radius 2 is 2.25 bits per heavy atom. The Hall–Kier alpha value is -1.43. The normalized spacial score (nSPS) is 9.50. The molecule has 1 N–H and O–H groups in total. The number of benzene rings is 1.